The highest BCUT2D eigenvalue weighted by Crippen LogP contribution is 2.13. The lowest BCUT2D eigenvalue weighted by molar-refractivity contribution is 0.104. The molecule has 0 spiro atoms. The minimum Gasteiger partial charge on any atom is -0.361 e. The van der Waals surface area contributed by atoms with E-state index in [2.05, 4.69) is 5.32 Å². The van der Waals surface area contributed by atoms with Crippen molar-refractivity contribution in [1.29, 1.82) is 0 Å². The van der Waals surface area contributed by atoms with Crippen LogP contribution in [0.4, 0.5) is 14.5 Å². The number of aryl methyl sites for hydroxylation is 2. The van der Waals surface area contributed by atoms with Crippen LogP contribution >= 0.6 is 0 Å². The topological polar surface area (TPSA) is 29.1 Å². The quantitative estimate of drug-likeness (QED) is 0.667. The molecule has 0 aliphatic rings. The Morgan fingerprint density at radius 1 is 1.00 bits per heavy atom. The minimum atomic E-state index is -0.675. The first-order valence-corrected chi connectivity index (χ1v) is 6.46. The number of anilines is 1. The van der Waals surface area contributed by atoms with E-state index < -0.39 is 11.6 Å². The van der Waals surface area contributed by atoms with E-state index >= 15 is 0 Å². The van der Waals surface area contributed by atoms with Crippen LogP contribution in [0.1, 0.15) is 21.5 Å². The normalized spacial score (nSPS) is 10.9. The standard InChI is InChI=1S/C17H15F2NO/c1-11-3-4-13(7-12(11)2)17(21)5-6-20-16-9-14(18)8-15(19)10-16/h3-10,20H,1-2H3/b6-5+. The second kappa shape index (κ2) is 6.31. The first kappa shape index (κ1) is 14.9. The number of hydrogen-bond donors (Lipinski definition) is 1. The third kappa shape index (κ3) is 3.99. The maximum absolute atomic E-state index is 13.0. The highest BCUT2D eigenvalue weighted by Gasteiger charge is 2.03. The molecule has 4 heteroatoms. The molecule has 1 N–H and O–H groups in total. The predicted octanol–water partition coefficient (Wildman–Crippen LogP) is 4.39. The van der Waals surface area contributed by atoms with Gasteiger partial charge in [0.2, 0.25) is 0 Å². The lowest BCUT2D eigenvalue weighted by atomic mass is 10.0. The van der Waals surface area contributed by atoms with E-state index in [1.165, 1.54) is 12.3 Å². The molecule has 0 aliphatic carbocycles. The van der Waals surface area contributed by atoms with Crippen LogP contribution in [0.2, 0.25) is 0 Å². The number of carbonyl (C=O) groups excluding carboxylic acids is 1. The molecule has 2 nitrogen and oxygen atoms in total. The van der Waals surface area contributed by atoms with Gasteiger partial charge in [0, 0.05) is 29.6 Å². The lowest BCUT2D eigenvalue weighted by Crippen LogP contribution is -1.98. The highest BCUT2D eigenvalue weighted by molar-refractivity contribution is 6.04. The summed E-state index contributed by atoms with van der Waals surface area (Å²) in [5.74, 6) is -1.53. The van der Waals surface area contributed by atoms with E-state index in [0.717, 1.165) is 29.3 Å². The Hall–Kier alpha value is -2.49. The molecular formula is C17H15F2NO. The van der Waals surface area contributed by atoms with Crippen molar-refractivity contribution >= 4 is 11.5 Å². The van der Waals surface area contributed by atoms with Crippen LogP contribution < -0.4 is 5.32 Å². The van der Waals surface area contributed by atoms with E-state index in [-0.39, 0.29) is 11.5 Å². The lowest BCUT2D eigenvalue weighted by Gasteiger charge is -2.03. The monoisotopic (exact) mass is 287 g/mol. The van der Waals surface area contributed by atoms with Gasteiger partial charge in [-0.3, -0.25) is 4.79 Å². The zero-order valence-electron chi connectivity index (χ0n) is 11.8. The first-order chi connectivity index (χ1) is 9.95. The number of carbonyl (C=O) groups is 1. The summed E-state index contributed by atoms with van der Waals surface area (Å²) in [5.41, 5.74) is 2.97. The molecule has 0 aliphatic heterocycles. The molecule has 0 bridgehead atoms. The van der Waals surface area contributed by atoms with Crippen LogP contribution in [0.3, 0.4) is 0 Å². The molecular weight excluding hydrogens is 272 g/mol. The van der Waals surface area contributed by atoms with E-state index in [1.54, 1.807) is 6.07 Å². The predicted molar refractivity (Wildman–Crippen MR) is 79.4 cm³/mol. The number of hydrogen-bond acceptors (Lipinski definition) is 2. The molecule has 0 aromatic heterocycles. The average molecular weight is 287 g/mol. The SMILES string of the molecule is Cc1ccc(C(=O)/C=C/Nc2cc(F)cc(F)c2)cc1C. The number of halogens is 2. The van der Waals surface area contributed by atoms with Gasteiger partial charge in [-0.15, -0.1) is 0 Å². The maximum Gasteiger partial charge on any atom is 0.187 e. The molecule has 0 amide bonds. The summed E-state index contributed by atoms with van der Waals surface area (Å²) in [5, 5.41) is 2.67. The second-order valence-electron chi connectivity index (χ2n) is 4.80. The van der Waals surface area contributed by atoms with E-state index in [4.69, 9.17) is 0 Å². The van der Waals surface area contributed by atoms with Crippen molar-refractivity contribution in [3.05, 3.63) is 77.0 Å². The largest absolute Gasteiger partial charge is 0.361 e. The molecule has 0 radical (unpaired) electrons. The van der Waals surface area contributed by atoms with Gasteiger partial charge in [0.15, 0.2) is 5.78 Å². The van der Waals surface area contributed by atoms with Gasteiger partial charge >= 0.3 is 0 Å². The van der Waals surface area contributed by atoms with Gasteiger partial charge in [0.05, 0.1) is 0 Å². The van der Waals surface area contributed by atoms with Crippen molar-refractivity contribution in [2.45, 2.75) is 13.8 Å². The molecule has 0 saturated heterocycles. The Bertz CT molecular complexity index is 688. The molecule has 108 valence electrons. The summed E-state index contributed by atoms with van der Waals surface area (Å²) in [6.07, 6.45) is 2.69. The molecule has 2 aromatic rings. The second-order valence-corrected chi connectivity index (χ2v) is 4.80. The molecule has 0 saturated carbocycles. The summed E-state index contributed by atoms with van der Waals surface area (Å²) in [7, 11) is 0. The zero-order chi connectivity index (χ0) is 15.4. The van der Waals surface area contributed by atoms with Crippen molar-refractivity contribution in [2.24, 2.45) is 0 Å². The third-order valence-electron chi connectivity index (χ3n) is 3.14. The van der Waals surface area contributed by atoms with Crippen LogP contribution in [0.15, 0.2) is 48.7 Å². The van der Waals surface area contributed by atoms with Crippen LogP contribution in [-0.2, 0) is 0 Å². The van der Waals surface area contributed by atoms with Crippen LogP contribution in [0.25, 0.3) is 0 Å². The van der Waals surface area contributed by atoms with E-state index in [9.17, 15) is 13.6 Å². The van der Waals surface area contributed by atoms with Gasteiger partial charge in [-0.2, -0.15) is 0 Å². The van der Waals surface area contributed by atoms with E-state index in [1.807, 2.05) is 26.0 Å². The fourth-order valence-electron chi connectivity index (χ4n) is 1.84. The van der Waals surface area contributed by atoms with Gasteiger partial charge in [-0.05, 0) is 43.2 Å². The summed E-state index contributed by atoms with van der Waals surface area (Å²) >= 11 is 0. The first-order valence-electron chi connectivity index (χ1n) is 6.46. The van der Waals surface area contributed by atoms with E-state index in [0.29, 0.717) is 5.56 Å². The number of ketones is 1. The zero-order valence-corrected chi connectivity index (χ0v) is 11.8. The fourth-order valence-corrected chi connectivity index (χ4v) is 1.84. The minimum absolute atomic E-state index is 0.178. The van der Waals surface area contributed by atoms with Gasteiger partial charge in [-0.25, -0.2) is 8.78 Å². The molecule has 2 aromatic carbocycles. The van der Waals surface area contributed by atoms with Crippen molar-refractivity contribution < 1.29 is 13.6 Å². The maximum atomic E-state index is 13.0. The van der Waals surface area contributed by atoms with Crippen LogP contribution in [0, 0.1) is 25.5 Å². The van der Waals surface area contributed by atoms with Gasteiger partial charge in [0.25, 0.3) is 0 Å². The molecule has 2 rings (SSSR count). The number of benzene rings is 2. The van der Waals surface area contributed by atoms with Gasteiger partial charge in [0.1, 0.15) is 11.6 Å². The summed E-state index contributed by atoms with van der Waals surface area (Å²) in [4.78, 5) is 12.0. The average Bonchev–Trinajstić information content (AvgIpc) is 2.40. The fraction of sp³-hybridized carbons (Fsp3) is 0.118. The number of allylic oxidation sites excluding steroid dienone is 1. The van der Waals surface area contributed by atoms with Crippen LogP contribution in [0.5, 0.6) is 0 Å². The molecule has 21 heavy (non-hydrogen) atoms. The molecule has 0 atom stereocenters. The summed E-state index contributed by atoms with van der Waals surface area (Å²) in [6.45, 7) is 3.91. The van der Waals surface area contributed by atoms with Gasteiger partial charge < -0.3 is 5.32 Å². The Morgan fingerprint density at radius 2 is 1.67 bits per heavy atom. The van der Waals surface area contributed by atoms with Gasteiger partial charge in [-0.1, -0.05) is 12.1 Å². The van der Waals surface area contributed by atoms with Crippen molar-refractivity contribution in [3.8, 4) is 0 Å². The number of nitrogens with one attached hydrogen (secondary N) is 1. The Kier molecular flexibility index (Phi) is 4.48. The molecule has 0 heterocycles. The van der Waals surface area contributed by atoms with Crippen molar-refractivity contribution in [2.75, 3.05) is 5.32 Å². The Balaban J connectivity index is 2.06. The highest BCUT2D eigenvalue weighted by atomic mass is 19.1. The van der Waals surface area contributed by atoms with Crippen LogP contribution in [-0.4, -0.2) is 5.78 Å². The summed E-state index contributed by atoms with van der Waals surface area (Å²) in [6, 6.07) is 8.52. The molecule has 0 unspecified atom stereocenters. The Labute approximate surface area is 122 Å². The third-order valence-corrected chi connectivity index (χ3v) is 3.14. The summed E-state index contributed by atoms with van der Waals surface area (Å²) < 4.78 is 26.0. The smallest absolute Gasteiger partial charge is 0.187 e. The molecule has 0 fully saturated rings. The van der Waals surface area contributed by atoms with Crippen molar-refractivity contribution in [3.63, 3.8) is 0 Å². The number of rotatable bonds is 4. The van der Waals surface area contributed by atoms with Crippen molar-refractivity contribution in [1.82, 2.24) is 0 Å². The Morgan fingerprint density at radius 3 is 2.29 bits per heavy atom.